The van der Waals surface area contributed by atoms with Crippen molar-refractivity contribution in [1.82, 2.24) is 20.4 Å². The second kappa shape index (κ2) is 11.0. The van der Waals surface area contributed by atoms with Crippen LogP contribution in [0, 0.1) is 0 Å². The van der Waals surface area contributed by atoms with Gasteiger partial charge in [0.05, 0.1) is 18.8 Å². The Morgan fingerprint density at radius 3 is 2.38 bits per heavy atom. The largest absolute Gasteiger partial charge is 0.380 e. The lowest BCUT2D eigenvalue weighted by atomic mass is 10.1. The minimum Gasteiger partial charge on any atom is -0.380 e. The molecule has 0 radical (unpaired) electrons. The van der Waals surface area contributed by atoms with Gasteiger partial charge in [-0.15, -0.1) is 0 Å². The molecule has 1 heterocycles. The molecule has 3 aromatic rings. The molecule has 0 aliphatic rings. The van der Waals surface area contributed by atoms with Gasteiger partial charge >= 0.3 is 0 Å². The van der Waals surface area contributed by atoms with E-state index >= 15 is 0 Å². The molecular weight excluding hydrogens is 362 g/mol. The van der Waals surface area contributed by atoms with Crippen LogP contribution in [0.2, 0.25) is 0 Å². The molecule has 6 heteroatoms. The third kappa shape index (κ3) is 6.47. The molecule has 0 atom stereocenters. The fourth-order valence-corrected chi connectivity index (χ4v) is 2.98. The van der Waals surface area contributed by atoms with Crippen molar-refractivity contribution in [2.45, 2.75) is 26.5 Å². The zero-order valence-electron chi connectivity index (χ0n) is 17.1. The van der Waals surface area contributed by atoms with Crippen LogP contribution in [-0.4, -0.2) is 35.9 Å². The van der Waals surface area contributed by atoms with Gasteiger partial charge in [-0.25, -0.2) is 9.67 Å². The van der Waals surface area contributed by atoms with E-state index in [0.29, 0.717) is 13.2 Å². The Hall–Kier alpha value is -3.12. The molecule has 1 aromatic heterocycles. The van der Waals surface area contributed by atoms with Crippen LogP contribution < -0.4 is 10.6 Å². The van der Waals surface area contributed by atoms with Crippen LogP contribution in [-0.2, 0) is 24.3 Å². The summed E-state index contributed by atoms with van der Waals surface area (Å²) in [4.78, 5) is 4.69. The second-order valence-corrected chi connectivity index (χ2v) is 6.74. The topological polar surface area (TPSA) is 63.5 Å². The molecule has 0 aliphatic carbocycles. The first kappa shape index (κ1) is 20.6. The van der Waals surface area contributed by atoms with Gasteiger partial charge in [-0.1, -0.05) is 36.4 Å². The van der Waals surface area contributed by atoms with E-state index in [-0.39, 0.29) is 0 Å². The van der Waals surface area contributed by atoms with Crippen LogP contribution >= 0.6 is 0 Å². The molecular formula is C23H29N5O. The van der Waals surface area contributed by atoms with Crippen molar-refractivity contribution in [2.75, 3.05) is 20.2 Å². The van der Waals surface area contributed by atoms with Crippen molar-refractivity contribution in [3.05, 3.63) is 83.7 Å². The number of ether oxygens (including phenoxy) is 1. The summed E-state index contributed by atoms with van der Waals surface area (Å²) in [6.07, 6.45) is 4.66. The molecule has 2 aromatic carbocycles. The standard InChI is InChI=1S/C23H29N5O/c1-3-24-23(26-17-20-5-7-21(8-6-20)18-29-2)25-15-13-19-9-11-22(12-10-19)28-16-4-14-27-28/h4-12,14,16H,3,13,15,17-18H2,1-2H3,(H2,24,25,26). The van der Waals surface area contributed by atoms with Gasteiger partial charge in [0.15, 0.2) is 5.96 Å². The lowest BCUT2D eigenvalue weighted by Crippen LogP contribution is -2.38. The number of aliphatic imine (C=N–C) groups is 1. The molecule has 0 bridgehead atoms. The molecule has 0 fully saturated rings. The molecule has 29 heavy (non-hydrogen) atoms. The average molecular weight is 392 g/mol. The zero-order chi connectivity index (χ0) is 20.3. The normalized spacial score (nSPS) is 11.4. The lowest BCUT2D eigenvalue weighted by Gasteiger charge is -2.12. The van der Waals surface area contributed by atoms with E-state index in [1.54, 1.807) is 13.3 Å². The molecule has 0 saturated heterocycles. The van der Waals surface area contributed by atoms with Crippen molar-refractivity contribution < 1.29 is 4.74 Å². The maximum atomic E-state index is 5.15. The summed E-state index contributed by atoms with van der Waals surface area (Å²) in [6, 6.07) is 18.8. The molecule has 0 unspecified atom stereocenters. The number of methoxy groups -OCH3 is 1. The summed E-state index contributed by atoms with van der Waals surface area (Å²) in [5.74, 6) is 0.835. The van der Waals surface area contributed by atoms with Gasteiger partial charge in [0.1, 0.15) is 0 Å². The Kier molecular flexibility index (Phi) is 7.83. The minimum atomic E-state index is 0.636. The molecule has 0 amide bonds. The van der Waals surface area contributed by atoms with Crippen LogP contribution in [0.4, 0.5) is 0 Å². The van der Waals surface area contributed by atoms with Gasteiger partial charge < -0.3 is 15.4 Å². The smallest absolute Gasteiger partial charge is 0.191 e. The summed E-state index contributed by atoms with van der Waals surface area (Å²) >= 11 is 0. The Morgan fingerprint density at radius 2 is 1.72 bits per heavy atom. The van der Waals surface area contributed by atoms with E-state index in [9.17, 15) is 0 Å². The summed E-state index contributed by atoms with van der Waals surface area (Å²) in [5, 5.41) is 11.0. The van der Waals surface area contributed by atoms with Crippen LogP contribution in [0.25, 0.3) is 5.69 Å². The third-order valence-electron chi connectivity index (χ3n) is 4.51. The first-order valence-corrected chi connectivity index (χ1v) is 9.96. The van der Waals surface area contributed by atoms with Crippen molar-refractivity contribution in [2.24, 2.45) is 4.99 Å². The summed E-state index contributed by atoms with van der Waals surface area (Å²) in [5.41, 5.74) is 4.69. The van der Waals surface area contributed by atoms with Crippen LogP contribution in [0.15, 0.2) is 72.0 Å². The minimum absolute atomic E-state index is 0.636. The number of hydrogen-bond donors (Lipinski definition) is 2. The maximum absolute atomic E-state index is 5.15. The molecule has 152 valence electrons. The van der Waals surface area contributed by atoms with Gasteiger partial charge in [0.2, 0.25) is 0 Å². The highest BCUT2D eigenvalue weighted by atomic mass is 16.5. The summed E-state index contributed by atoms with van der Waals surface area (Å²) < 4.78 is 7.01. The first-order valence-electron chi connectivity index (χ1n) is 9.96. The molecule has 0 aliphatic heterocycles. The Bertz CT molecular complexity index is 871. The zero-order valence-corrected chi connectivity index (χ0v) is 17.1. The number of nitrogens with zero attached hydrogens (tertiary/aromatic N) is 3. The Morgan fingerprint density at radius 1 is 1.00 bits per heavy atom. The molecule has 3 rings (SSSR count). The van der Waals surface area contributed by atoms with Crippen LogP contribution in [0.5, 0.6) is 0 Å². The SMILES string of the molecule is CCNC(=NCc1ccc(COC)cc1)NCCc1ccc(-n2cccn2)cc1. The van der Waals surface area contributed by atoms with E-state index in [1.165, 1.54) is 16.7 Å². The van der Waals surface area contributed by atoms with E-state index in [1.807, 2.05) is 16.9 Å². The van der Waals surface area contributed by atoms with Gasteiger partial charge in [-0.3, -0.25) is 0 Å². The van der Waals surface area contributed by atoms with E-state index in [0.717, 1.165) is 31.2 Å². The highest BCUT2D eigenvalue weighted by molar-refractivity contribution is 5.79. The van der Waals surface area contributed by atoms with E-state index in [4.69, 9.17) is 4.74 Å². The van der Waals surface area contributed by atoms with Gasteiger partial charge in [-0.05, 0) is 48.2 Å². The monoisotopic (exact) mass is 391 g/mol. The number of guanidine groups is 1. The van der Waals surface area contributed by atoms with Gasteiger partial charge in [-0.2, -0.15) is 5.10 Å². The number of nitrogens with one attached hydrogen (secondary N) is 2. The molecule has 6 nitrogen and oxygen atoms in total. The van der Waals surface area contributed by atoms with Crippen LogP contribution in [0.1, 0.15) is 23.6 Å². The fraction of sp³-hybridized carbons (Fsp3) is 0.304. The van der Waals surface area contributed by atoms with E-state index < -0.39 is 0 Å². The number of aromatic nitrogens is 2. The second-order valence-electron chi connectivity index (χ2n) is 6.74. The number of rotatable bonds is 9. The number of benzene rings is 2. The molecule has 0 saturated carbocycles. The molecule has 2 N–H and O–H groups in total. The van der Waals surface area contributed by atoms with E-state index in [2.05, 4.69) is 76.2 Å². The maximum Gasteiger partial charge on any atom is 0.191 e. The highest BCUT2D eigenvalue weighted by Gasteiger charge is 2.01. The van der Waals surface area contributed by atoms with Crippen molar-refractivity contribution in [3.63, 3.8) is 0 Å². The fourth-order valence-electron chi connectivity index (χ4n) is 2.98. The van der Waals surface area contributed by atoms with Crippen molar-refractivity contribution >= 4 is 5.96 Å². The summed E-state index contributed by atoms with van der Waals surface area (Å²) in [6.45, 7) is 5.00. The Balaban J connectivity index is 1.50. The predicted octanol–water partition coefficient (Wildman–Crippen LogP) is 3.32. The third-order valence-corrected chi connectivity index (χ3v) is 4.51. The molecule has 0 spiro atoms. The van der Waals surface area contributed by atoms with Crippen LogP contribution in [0.3, 0.4) is 0 Å². The number of hydrogen-bond acceptors (Lipinski definition) is 3. The quantitative estimate of drug-likeness (QED) is 0.434. The Labute approximate surface area is 172 Å². The average Bonchev–Trinajstić information content (AvgIpc) is 3.29. The summed E-state index contributed by atoms with van der Waals surface area (Å²) in [7, 11) is 1.71. The first-order chi connectivity index (χ1) is 14.3. The predicted molar refractivity (Wildman–Crippen MR) is 117 cm³/mol. The highest BCUT2D eigenvalue weighted by Crippen LogP contribution is 2.09. The van der Waals surface area contributed by atoms with Crippen molar-refractivity contribution in [1.29, 1.82) is 0 Å². The van der Waals surface area contributed by atoms with Gasteiger partial charge in [0, 0.05) is 32.6 Å². The van der Waals surface area contributed by atoms with Crippen molar-refractivity contribution in [3.8, 4) is 5.69 Å². The van der Waals surface area contributed by atoms with Gasteiger partial charge in [0.25, 0.3) is 0 Å². The lowest BCUT2D eigenvalue weighted by molar-refractivity contribution is 0.185.